The molecular formula is C51H67BrCl5F4I14N15NaO16PS2. The molecule has 628 valence electrons. The first kappa shape index (κ1) is 125. The van der Waals surface area contributed by atoms with E-state index in [1.807, 2.05) is 12.1 Å². The Labute approximate surface area is 795 Å². The van der Waals surface area contributed by atoms with Crippen LogP contribution in [0.2, 0.25) is 10.3 Å². The van der Waals surface area contributed by atoms with E-state index in [0.29, 0.717) is 52.0 Å². The van der Waals surface area contributed by atoms with Crippen molar-refractivity contribution < 1.29 is 124 Å². The quantitative estimate of drug-likeness (QED) is 0.00708. The van der Waals surface area contributed by atoms with Gasteiger partial charge in [0, 0.05) is 35.7 Å². The van der Waals surface area contributed by atoms with Gasteiger partial charge in [-0.2, -0.15) is 49.2 Å². The van der Waals surface area contributed by atoms with E-state index in [9.17, 15) is 65.0 Å². The first-order chi connectivity index (χ1) is 50.5. The minimum Gasteiger partial charge on any atom is -0.302 e. The van der Waals surface area contributed by atoms with Gasteiger partial charge < -0.3 is 34.3 Å². The zero-order valence-corrected chi connectivity index (χ0v) is 96.8. The van der Waals surface area contributed by atoms with Crippen molar-refractivity contribution in [2.24, 2.45) is 5.73 Å². The number of carbonyl (C=O) groups excluding carboxylic acids is 8. The van der Waals surface area contributed by atoms with Crippen LogP contribution < -0.4 is 45.7 Å². The van der Waals surface area contributed by atoms with Crippen molar-refractivity contribution >= 4 is 354 Å². The number of aldehydes is 1. The molecule has 1 fully saturated rings. The summed E-state index contributed by atoms with van der Waals surface area (Å²) in [7, 11) is -6.68. The molecule has 59 heteroatoms. The maximum absolute atomic E-state index is 11.3. The maximum Gasteiger partial charge on any atom is 1.00 e. The fourth-order valence-corrected chi connectivity index (χ4v) is 1680. The zero-order chi connectivity index (χ0) is 85.4. The molecule has 0 aliphatic carbocycles. The van der Waals surface area contributed by atoms with Crippen LogP contribution in [-0.2, 0) is 72.1 Å². The fraction of sp³-hybridized carbons (Fsp3) is 0.431. The summed E-state index contributed by atoms with van der Waals surface area (Å²) in [5, 5.41) is 47.6. The number of imide groups is 1. The molecule has 8 rings (SSSR count). The van der Waals surface area contributed by atoms with Gasteiger partial charge in [0.1, 0.15) is 53.1 Å². The average molecular weight is 3380 g/mol. The summed E-state index contributed by atoms with van der Waals surface area (Å²) >= 11 is 55.3. The summed E-state index contributed by atoms with van der Waals surface area (Å²) in [5.41, 5.74) is 6.21. The number of thiocarbonyl (C=S) groups is 1. The van der Waals surface area contributed by atoms with Gasteiger partial charge in [0.15, 0.2) is 15.0 Å². The molecule has 5 N–H and O–H groups in total. The van der Waals surface area contributed by atoms with E-state index < -0.39 is 73.9 Å². The molecule has 8 heterocycles. The molecule has 31 nitrogen and oxygen atoms in total. The number of fused-ring (bicyclic) bond motifs is 2. The van der Waals surface area contributed by atoms with Crippen LogP contribution >= 0.6 is 287 Å². The number of nitriles is 2. The summed E-state index contributed by atoms with van der Waals surface area (Å²) in [5.74, 6) is -2.56. The van der Waals surface area contributed by atoms with Crippen molar-refractivity contribution in [2.45, 2.75) is 106 Å². The number of ether oxygens (including phenoxy) is 4. The normalized spacial score (nSPS) is 13.0. The van der Waals surface area contributed by atoms with Gasteiger partial charge in [-0.05, 0) is 117 Å². The summed E-state index contributed by atoms with van der Waals surface area (Å²) < 4.78 is 101. The van der Waals surface area contributed by atoms with E-state index in [1.165, 1.54) is 68.1 Å². The number of aromatic nitrogens is 11. The monoisotopic (exact) mass is 3370 g/mol. The number of alkyl halides is 5. The molecule has 0 radical (unpaired) electrons. The van der Waals surface area contributed by atoms with E-state index in [4.69, 9.17) is 64.4 Å². The van der Waals surface area contributed by atoms with Gasteiger partial charge in [0.2, 0.25) is 23.7 Å². The molecule has 110 heavy (non-hydrogen) atoms. The number of amides is 3. The maximum atomic E-state index is 11.3. The van der Waals surface area contributed by atoms with E-state index in [0.717, 1.165) is 12.1 Å². The van der Waals surface area contributed by atoms with Crippen LogP contribution in [0.5, 0.6) is 0 Å². The number of aromatic amines is 1. The minimum atomic E-state index is -4.64. The van der Waals surface area contributed by atoms with Gasteiger partial charge in [0.05, 0.1) is 64.3 Å². The number of halogens is 24. The number of rotatable bonds is 15. The third-order valence-electron chi connectivity index (χ3n) is 8.74. The predicted molar refractivity (Wildman–Crippen MR) is 545 cm³/mol. The Morgan fingerprint density at radius 1 is 0.855 bits per heavy atom. The SMILES string of the molecule is C.CC(C)(C)[O-].CC1CCCO1.CCOC(=O)c1ccn[nH]1.CCOC(=O)c1ccnn1CC#N.CCOC(=O)c1ccnn1CC(N)=O.Clc1cn2nccc2c(Cl)n1.II(I)I(I)I(I)I(I)I(I)I(I)I.N#CCBr.O=C1Cn2nccc2C(=O)N1.O=CC(F)(F)F.O=CS(=O)(O)=C=S.O=P(Cl)(Cl)Cl.[2H]CF.[Na+]. The van der Waals surface area contributed by atoms with Gasteiger partial charge in [0.25, 0.3) is 5.91 Å². The van der Waals surface area contributed by atoms with E-state index in [2.05, 4.69) is 263 Å². The second-order valence-electron chi connectivity index (χ2n) is 17.8. The van der Waals surface area contributed by atoms with Crippen molar-refractivity contribution in [3.63, 3.8) is 0 Å². The topological polar surface area (TPSA) is 449 Å². The molecule has 2 aliphatic heterocycles. The number of H-pyrrole nitrogens is 1. The molecule has 1 saturated heterocycles. The number of carbonyl (C=O) groups is 8. The summed E-state index contributed by atoms with van der Waals surface area (Å²) in [6, 6.07) is 11.7. The molecule has 3 amide bonds. The van der Waals surface area contributed by atoms with Crippen LogP contribution in [0.15, 0.2) is 67.5 Å². The van der Waals surface area contributed by atoms with Crippen molar-refractivity contribution in [2.75, 3.05) is 38.9 Å². The van der Waals surface area contributed by atoms with Crippen molar-refractivity contribution in [3.8, 4) is 12.1 Å². The number of hydrogen-bond donors (Lipinski definition) is 4. The molecule has 0 saturated carbocycles. The summed E-state index contributed by atoms with van der Waals surface area (Å²) in [6.07, 6.45) is 6.49. The number of esters is 3. The van der Waals surface area contributed by atoms with Crippen molar-refractivity contribution in [3.05, 3.63) is 101 Å². The van der Waals surface area contributed by atoms with Crippen LogP contribution in [0.25, 0.3) is 5.52 Å². The van der Waals surface area contributed by atoms with E-state index in [-0.39, 0.29) is 124 Å². The Morgan fingerprint density at radius 2 is 1.29 bits per heavy atom. The van der Waals surface area contributed by atoms with Gasteiger partial charge in [-0.15, -0.1) is 5.60 Å². The van der Waals surface area contributed by atoms with Gasteiger partial charge >= 0.3 is 255 Å². The Balaban J connectivity index is -0.000000215. The number of hydrogen-bond acceptors (Lipinski definition) is 24. The first-order valence-corrected chi connectivity index (χ1v) is 117. The largest absolute Gasteiger partial charge is 1.00 e. The van der Waals surface area contributed by atoms with E-state index in [1.54, 1.807) is 76.7 Å². The molecule has 0 bridgehead atoms. The Kier molecular flexibility index (Phi) is 84.3. The summed E-state index contributed by atoms with van der Waals surface area (Å²) in [4.78, 5) is 87.6. The van der Waals surface area contributed by atoms with Crippen LogP contribution in [0.1, 0.15) is 112 Å². The van der Waals surface area contributed by atoms with Gasteiger partial charge in [-0.3, -0.25) is 48.0 Å². The minimum absolute atomic E-state index is 0. The van der Waals surface area contributed by atoms with Gasteiger partial charge in [-0.1, -0.05) is 67.3 Å². The second kappa shape index (κ2) is 74.4. The molecular weight excluding hydrogens is 3310 g/mol. The predicted octanol–water partition coefficient (Wildman–Crippen LogP) is 18.1. The molecule has 6 aromatic rings. The smallest absolute Gasteiger partial charge is 0.302 e. The Morgan fingerprint density at radius 3 is 1.64 bits per heavy atom. The second-order valence-corrected chi connectivity index (χ2v) is 320. The van der Waals surface area contributed by atoms with Crippen molar-refractivity contribution in [1.82, 2.24) is 59.5 Å². The fourth-order valence-electron chi connectivity index (χ4n) is 5.23. The Hall–Kier alpha value is 3.93. The molecule has 2 aliphatic rings. The van der Waals surface area contributed by atoms with Crippen LogP contribution in [-0.4, -0.2) is 172 Å². The molecule has 0 spiro atoms. The average Bonchev–Trinajstić information content (AvgIpc) is 1.73. The number of nitrogens with zero attached hydrogens (tertiary/aromatic N) is 12. The van der Waals surface area contributed by atoms with Crippen LogP contribution in [0.4, 0.5) is 17.6 Å². The zero-order valence-electron chi connectivity index (χ0n) is 57.7. The first-order valence-electron chi connectivity index (χ1n) is 27.9. The Bertz CT molecular complexity index is 3920. The number of primary amides is 1. The molecule has 0 aromatic carbocycles. The number of nitrogens with one attached hydrogen (secondary N) is 2. The molecule has 2 unspecified atom stereocenters. The van der Waals surface area contributed by atoms with Crippen LogP contribution in [0.3, 0.4) is 0 Å². The summed E-state index contributed by atoms with van der Waals surface area (Å²) in [6.45, 7) is 14.2. The number of nitrogens with two attached hydrogens (primary N) is 1. The molecule has 2 atom stereocenters. The van der Waals surface area contributed by atoms with Gasteiger partial charge in [-0.25, -0.2) is 37.5 Å². The standard InChI is InChI=1S/C8H11N3O3.C8H9N3O2.C6H3Cl2N3.C6H5N3O2.C6H8N2O2.C5H10O.C4H9O.C2H2BrN.C2HF3O.C2H2O3S2.CH3F.CH4.Cl3OP.I14.Na/c1-2-14-8(13)6-3-4-10-11(6)5-7(9)12;1-2-13-8(12)7-3-5-10-11(7)6-4-9;7-5-3-11-4(1-2-9-11)6(8)10-5;10-5-3-9-4(1-2-7-9)6(11)8-5;1-2-10-6(9)5-3-4-7-8-5;1-5-3-2-4-6-5;1-4(2,3)5;3-1-2-4;3-2(4,5)1-6;3-1-7(4,5)2-6;1-2;;1-5(2,3)4;1-9(2)11(5)13(7)14(8)12(6)10(3)4;/h3-4H,2,5H2,1H3,(H2,9,12);3,5H,2,6H2,1H3;1-3H;1-2H,3H2,(H,8,10,11);3-4H,2H2,1H3,(H,7,8);5H,2-4H2,1H3;1-3H3;1H2;1H;1H,(H,4,5);1H3;1H4;;;/q;;;;;;-1;;;;;;;;+1/i;;;;;;;;;;1D;;;;. The van der Waals surface area contributed by atoms with Crippen molar-refractivity contribution in [1.29, 1.82) is 10.5 Å². The molecule has 6 aromatic heterocycles. The van der Waals surface area contributed by atoms with E-state index >= 15 is 0 Å². The third-order valence-corrected chi connectivity index (χ3v) is 837. The van der Waals surface area contributed by atoms with Crippen LogP contribution in [0, 0.1) is 22.7 Å². The third kappa shape index (κ3) is 70.3.